The van der Waals surface area contributed by atoms with E-state index in [9.17, 15) is 0 Å². The molecule has 1 aromatic carbocycles. The SMILES string of the molecule is CCCNC1c2cc(OC(C)C)ccc2C(C)C1C. The van der Waals surface area contributed by atoms with E-state index in [1.165, 1.54) is 17.5 Å². The molecule has 19 heavy (non-hydrogen) atoms. The van der Waals surface area contributed by atoms with Gasteiger partial charge < -0.3 is 10.1 Å². The second kappa shape index (κ2) is 5.96. The first-order valence-corrected chi connectivity index (χ1v) is 7.58. The van der Waals surface area contributed by atoms with Crippen LogP contribution in [0.25, 0.3) is 0 Å². The lowest BCUT2D eigenvalue weighted by Gasteiger charge is -2.20. The number of hydrogen-bond acceptors (Lipinski definition) is 2. The number of hydrogen-bond donors (Lipinski definition) is 1. The molecule has 0 saturated carbocycles. The van der Waals surface area contributed by atoms with Crippen LogP contribution in [0, 0.1) is 5.92 Å². The van der Waals surface area contributed by atoms with Crippen molar-refractivity contribution >= 4 is 0 Å². The van der Waals surface area contributed by atoms with Gasteiger partial charge in [-0.3, -0.25) is 0 Å². The molecule has 0 aromatic heterocycles. The van der Waals surface area contributed by atoms with Crippen LogP contribution in [0.1, 0.15) is 64.1 Å². The fourth-order valence-electron chi connectivity index (χ4n) is 3.03. The third-order valence-corrected chi connectivity index (χ3v) is 4.18. The fraction of sp³-hybridized carbons (Fsp3) is 0.647. The smallest absolute Gasteiger partial charge is 0.120 e. The molecular weight excluding hydrogens is 234 g/mol. The number of ether oxygens (including phenoxy) is 1. The third-order valence-electron chi connectivity index (χ3n) is 4.18. The van der Waals surface area contributed by atoms with Crippen LogP contribution in [0.2, 0.25) is 0 Å². The fourth-order valence-corrected chi connectivity index (χ4v) is 3.03. The zero-order chi connectivity index (χ0) is 14.0. The van der Waals surface area contributed by atoms with Crippen LogP contribution in [0.15, 0.2) is 18.2 Å². The number of rotatable bonds is 5. The Morgan fingerprint density at radius 3 is 2.58 bits per heavy atom. The first kappa shape index (κ1) is 14.4. The lowest BCUT2D eigenvalue weighted by Crippen LogP contribution is -2.25. The average molecular weight is 261 g/mol. The van der Waals surface area contributed by atoms with Crippen molar-refractivity contribution in [3.63, 3.8) is 0 Å². The standard InChI is InChI=1S/C17H27NO/c1-6-9-18-17-13(5)12(4)15-8-7-14(10-16(15)17)19-11(2)3/h7-8,10-13,17-18H,6,9H2,1-5H3. The molecule has 1 aliphatic rings. The number of benzene rings is 1. The second-order valence-electron chi connectivity index (χ2n) is 6.04. The van der Waals surface area contributed by atoms with Crippen molar-refractivity contribution in [3.8, 4) is 5.75 Å². The highest BCUT2D eigenvalue weighted by Gasteiger charge is 2.35. The van der Waals surface area contributed by atoms with Crippen molar-refractivity contribution in [2.45, 2.75) is 59.1 Å². The van der Waals surface area contributed by atoms with E-state index in [4.69, 9.17) is 4.74 Å². The molecule has 3 atom stereocenters. The quantitative estimate of drug-likeness (QED) is 0.854. The van der Waals surface area contributed by atoms with Gasteiger partial charge in [0.2, 0.25) is 0 Å². The molecule has 0 amide bonds. The van der Waals surface area contributed by atoms with Gasteiger partial charge in [-0.1, -0.05) is 26.8 Å². The van der Waals surface area contributed by atoms with Crippen LogP contribution in [0.4, 0.5) is 0 Å². The molecule has 1 aromatic rings. The molecule has 2 heteroatoms. The molecule has 0 saturated heterocycles. The predicted octanol–water partition coefficient (Wildman–Crippen LogP) is 4.27. The molecule has 106 valence electrons. The summed E-state index contributed by atoms with van der Waals surface area (Å²) in [6, 6.07) is 7.08. The van der Waals surface area contributed by atoms with Gasteiger partial charge in [-0.15, -0.1) is 0 Å². The molecule has 1 aliphatic carbocycles. The Morgan fingerprint density at radius 1 is 1.21 bits per heavy atom. The van der Waals surface area contributed by atoms with E-state index >= 15 is 0 Å². The summed E-state index contributed by atoms with van der Waals surface area (Å²) in [5.74, 6) is 2.27. The summed E-state index contributed by atoms with van der Waals surface area (Å²) in [6.45, 7) is 12.1. The minimum Gasteiger partial charge on any atom is -0.491 e. The normalized spacial score (nSPS) is 25.7. The summed E-state index contributed by atoms with van der Waals surface area (Å²) in [5, 5.41) is 3.69. The number of nitrogens with one attached hydrogen (secondary N) is 1. The molecule has 3 unspecified atom stereocenters. The molecule has 0 radical (unpaired) electrons. The van der Waals surface area contributed by atoms with E-state index in [1.807, 2.05) is 0 Å². The van der Waals surface area contributed by atoms with Crippen molar-refractivity contribution < 1.29 is 4.74 Å². The summed E-state index contributed by atoms with van der Waals surface area (Å²) < 4.78 is 5.83. The van der Waals surface area contributed by atoms with Gasteiger partial charge in [-0.05, 0) is 61.9 Å². The van der Waals surface area contributed by atoms with E-state index < -0.39 is 0 Å². The molecule has 0 fully saturated rings. The molecule has 0 heterocycles. The maximum atomic E-state index is 5.83. The first-order chi connectivity index (χ1) is 9.04. The Labute approximate surface area is 117 Å². The van der Waals surface area contributed by atoms with E-state index in [2.05, 4.69) is 58.1 Å². The van der Waals surface area contributed by atoms with Crippen LogP contribution in [-0.2, 0) is 0 Å². The van der Waals surface area contributed by atoms with Crippen molar-refractivity contribution in [3.05, 3.63) is 29.3 Å². The van der Waals surface area contributed by atoms with Gasteiger partial charge in [0.05, 0.1) is 6.10 Å². The van der Waals surface area contributed by atoms with Crippen LogP contribution in [0.5, 0.6) is 5.75 Å². The molecule has 2 nitrogen and oxygen atoms in total. The van der Waals surface area contributed by atoms with Gasteiger partial charge >= 0.3 is 0 Å². The average Bonchev–Trinajstić information content (AvgIpc) is 2.59. The molecule has 0 bridgehead atoms. The van der Waals surface area contributed by atoms with E-state index in [0.29, 0.717) is 17.9 Å². The lowest BCUT2D eigenvalue weighted by atomic mass is 9.94. The first-order valence-electron chi connectivity index (χ1n) is 7.58. The Balaban J connectivity index is 2.27. The minimum atomic E-state index is 0.233. The van der Waals surface area contributed by atoms with Crippen molar-refractivity contribution in [2.75, 3.05) is 6.54 Å². The maximum absolute atomic E-state index is 5.83. The van der Waals surface area contributed by atoms with E-state index in [1.54, 1.807) is 0 Å². The largest absolute Gasteiger partial charge is 0.491 e. The summed E-state index contributed by atoms with van der Waals surface area (Å²) in [6.07, 6.45) is 1.41. The highest BCUT2D eigenvalue weighted by Crippen LogP contribution is 2.45. The molecule has 1 N–H and O–H groups in total. The van der Waals surface area contributed by atoms with Gasteiger partial charge in [0.15, 0.2) is 0 Å². The maximum Gasteiger partial charge on any atom is 0.120 e. The minimum absolute atomic E-state index is 0.233. The Bertz CT molecular complexity index is 427. The van der Waals surface area contributed by atoms with Crippen molar-refractivity contribution in [1.29, 1.82) is 0 Å². The van der Waals surface area contributed by atoms with Crippen LogP contribution in [-0.4, -0.2) is 12.6 Å². The highest BCUT2D eigenvalue weighted by atomic mass is 16.5. The van der Waals surface area contributed by atoms with E-state index in [-0.39, 0.29) is 6.10 Å². The number of fused-ring (bicyclic) bond motifs is 1. The topological polar surface area (TPSA) is 21.3 Å². The zero-order valence-electron chi connectivity index (χ0n) is 12.9. The molecule has 0 spiro atoms. The molecule has 2 rings (SSSR count). The summed E-state index contributed by atoms with van der Waals surface area (Å²) >= 11 is 0. The lowest BCUT2D eigenvalue weighted by molar-refractivity contribution is 0.242. The zero-order valence-corrected chi connectivity index (χ0v) is 12.9. The second-order valence-corrected chi connectivity index (χ2v) is 6.04. The Kier molecular flexibility index (Phi) is 4.51. The summed E-state index contributed by atoms with van der Waals surface area (Å²) in [5.41, 5.74) is 2.92. The van der Waals surface area contributed by atoms with Crippen molar-refractivity contribution in [2.24, 2.45) is 5.92 Å². The monoisotopic (exact) mass is 261 g/mol. The Morgan fingerprint density at radius 2 is 1.95 bits per heavy atom. The predicted molar refractivity (Wildman–Crippen MR) is 80.8 cm³/mol. The highest BCUT2D eigenvalue weighted by molar-refractivity contribution is 5.44. The summed E-state index contributed by atoms with van der Waals surface area (Å²) in [4.78, 5) is 0. The van der Waals surface area contributed by atoms with Gasteiger partial charge in [-0.25, -0.2) is 0 Å². The Hall–Kier alpha value is -1.02. The molecular formula is C17H27NO. The van der Waals surface area contributed by atoms with Gasteiger partial charge in [0.1, 0.15) is 5.75 Å². The van der Waals surface area contributed by atoms with Crippen molar-refractivity contribution in [1.82, 2.24) is 5.32 Å². The van der Waals surface area contributed by atoms with Crippen LogP contribution < -0.4 is 10.1 Å². The van der Waals surface area contributed by atoms with Crippen LogP contribution >= 0.6 is 0 Å². The molecule has 0 aliphatic heterocycles. The van der Waals surface area contributed by atoms with Gasteiger partial charge in [0.25, 0.3) is 0 Å². The summed E-state index contributed by atoms with van der Waals surface area (Å²) in [7, 11) is 0. The third kappa shape index (κ3) is 2.94. The van der Waals surface area contributed by atoms with Crippen LogP contribution in [0.3, 0.4) is 0 Å². The van der Waals surface area contributed by atoms with E-state index in [0.717, 1.165) is 12.3 Å². The van der Waals surface area contributed by atoms with Gasteiger partial charge in [0, 0.05) is 6.04 Å². The van der Waals surface area contributed by atoms with Gasteiger partial charge in [-0.2, -0.15) is 0 Å².